The van der Waals surface area contributed by atoms with E-state index in [0.29, 0.717) is 17.8 Å². The predicted octanol–water partition coefficient (Wildman–Crippen LogP) is 3.96. The van der Waals surface area contributed by atoms with Gasteiger partial charge in [-0.05, 0) is 24.2 Å². The molecule has 1 unspecified atom stereocenters. The molecule has 0 fully saturated rings. The second kappa shape index (κ2) is 6.53. The lowest BCUT2D eigenvalue weighted by atomic mass is 10.0. The van der Waals surface area contributed by atoms with E-state index < -0.39 is 17.8 Å². The number of benzene rings is 1. The predicted molar refractivity (Wildman–Crippen MR) is 76.7 cm³/mol. The zero-order valence-corrected chi connectivity index (χ0v) is 12.7. The maximum atomic E-state index is 13.0. The van der Waals surface area contributed by atoms with Crippen molar-refractivity contribution in [3.05, 3.63) is 58.1 Å². The second-order valence-electron chi connectivity index (χ2n) is 4.36. The average Bonchev–Trinajstić information content (AvgIpc) is 2.45. The molecular weight excluding hydrogens is 347 g/mol. The Labute approximate surface area is 128 Å². The summed E-state index contributed by atoms with van der Waals surface area (Å²) in [6.45, 7) is 2.48. The van der Waals surface area contributed by atoms with Crippen LogP contribution in [-0.2, 0) is 6.18 Å². The van der Waals surface area contributed by atoms with E-state index in [0.717, 1.165) is 6.07 Å². The van der Waals surface area contributed by atoms with Crippen molar-refractivity contribution in [2.45, 2.75) is 19.1 Å². The van der Waals surface area contributed by atoms with Crippen molar-refractivity contribution in [3.8, 4) is 0 Å². The van der Waals surface area contributed by atoms with Gasteiger partial charge >= 0.3 is 6.18 Å². The average molecular weight is 360 g/mol. The lowest BCUT2D eigenvalue weighted by Crippen LogP contribution is -2.23. The van der Waals surface area contributed by atoms with Crippen LogP contribution < -0.4 is 5.32 Å². The molecule has 0 bridgehead atoms. The number of nitrogens with zero attached hydrogens (tertiary/aromatic N) is 2. The summed E-state index contributed by atoms with van der Waals surface area (Å²) in [7, 11) is 0. The molecule has 112 valence electrons. The van der Waals surface area contributed by atoms with Gasteiger partial charge in [0, 0.05) is 16.9 Å². The molecule has 2 aromatic rings. The smallest absolute Gasteiger partial charge is 0.305 e. The van der Waals surface area contributed by atoms with Gasteiger partial charge in [0.15, 0.2) is 0 Å². The van der Waals surface area contributed by atoms with E-state index in [2.05, 4.69) is 31.2 Å². The SMILES string of the molecule is CCNC(c1ccc(Br)c(C(F)(F)F)c1)c1cnccn1. The minimum absolute atomic E-state index is 0.0214. The van der Waals surface area contributed by atoms with Crippen LogP contribution in [0, 0.1) is 0 Å². The highest BCUT2D eigenvalue weighted by molar-refractivity contribution is 9.10. The van der Waals surface area contributed by atoms with Gasteiger partial charge < -0.3 is 5.32 Å². The Bertz CT molecular complexity index is 602. The van der Waals surface area contributed by atoms with Crippen LogP contribution in [0.3, 0.4) is 0 Å². The first-order valence-electron chi connectivity index (χ1n) is 6.29. The van der Waals surface area contributed by atoms with E-state index in [9.17, 15) is 13.2 Å². The fraction of sp³-hybridized carbons (Fsp3) is 0.286. The van der Waals surface area contributed by atoms with Crippen LogP contribution in [-0.4, -0.2) is 16.5 Å². The van der Waals surface area contributed by atoms with Crippen molar-refractivity contribution in [1.82, 2.24) is 15.3 Å². The summed E-state index contributed by atoms with van der Waals surface area (Å²) in [6, 6.07) is 3.74. The maximum absolute atomic E-state index is 13.0. The third-order valence-corrected chi connectivity index (χ3v) is 3.61. The van der Waals surface area contributed by atoms with Gasteiger partial charge in [0.1, 0.15) is 0 Å². The molecule has 0 saturated heterocycles. The molecule has 0 aliphatic carbocycles. The quantitative estimate of drug-likeness (QED) is 0.897. The fourth-order valence-electron chi connectivity index (χ4n) is 2.00. The van der Waals surface area contributed by atoms with E-state index in [4.69, 9.17) is 0 Å². The van der Waals surface area contributed by atoms with Crippen molar-refractivity contribution < 1.29 is 13.2 Å². The van der Waals surface area contributed by atoms with Gasteiger partial charge in [-0.15, -0.1) is 0 Å². The van der Waals surface area contributed by atoms with E-state index in [1.54, 1.807) is 12.3 Å². The highest BCUT2D eigenvalue weighted by Crippen LogP contribution is 2.36. The summed E-state index contributed by atoms with van der Waals surface area (Å²) in [5.74, 6) is 0. The van der Waals surface area contributed by atoms with Crippen LogP contribution in [0.15, 0.2) is 41.3 Å². The van der Waals surface area contributed by atoms with Gasteiger partial charge in [0.25, 0.3) is 0 Å². The molecule has 2 rings (SSSR count). The van der Waals surface area contributed by atoms with E-state index >= 15 is 0 Å². The molecule has 7 heteroatoms. The number of hydrogen-bond acceptors (Lipinski definition) is 3. The lowest BCUT2D eigenvalue weighted by molar-refractivity contribution is -0.138. The summed E-state index contributed by atoms with van der Waals surface area (Å²) < 4.78 is 39.0. The van der Waals surface area contributed by atoms with Crippen LogP contribution in [0.25, 0.3) is 0 Å². The first-order chi connectivity index (χ1) is 9.93. The summed E-state index contributed by atoms with van der Waals surface area (Å²) >= 11 is 2.94. The Balaban J connectivity index is 2.47. The zero-order chi connectivity index (χ0) is 15.5. The second-order valence-corrected chi connectivity index (χ2v) is 5.21. The molecule has 1 aromatic heterocycles. The van der Waals surface area contributed by atoms with Crippen LogP contribution in [0.1, 0.15) is 29.8 Å². The Morgan fingerprint density at radius 3 is 2.62 bits per heavy atom. The molecule has 0 aliphatic heterocycles. The minimum atomic E-state index is -4.41. The van der Waals surface area contributed by atoms with Crippen LogP contribution in [0.4, 0.5) is 13.2 Å². The normalized spacial score (nSPS) is 13.2. The molecule has 0 aliphatic rings. The summed E-state index contributed by atoms with van der Waals surface area (Å²) in [4.78, 5) is 8.14. The number of halogens is 4. The molecule has 3 nitrogen and oxygen atoms in total. The maximum Gasteiger partial charge on any atom is 0.417 e. The topological polar surface area (TPSA) is 37.8 Å². The van der Waals surface area contributed by atoms with Crippen molar-refractivity contribution in [1.29, 1.82) is 0 Å². The van der Waals surface area contributed by atoms with E-state index in [-0.39, 0.29) is 4.47 Å². The highest BCUT2D eigenvalue weighted by Gasteiger charge is 2.33. The number of nitrogens with one attached hydrogen (secondary N) is 1. The Hall–Kier alpha value is -1.47. The molecule has 0 spiro atoms. The first kappa shape index (κ1) is 15.9. The summed E-state index contributed by atoms with van der Waals surface area (Å²) in [5.41, 5.74) is 0.370. The Morgan fingerprint density at radius 2 is 2.05 bits per heavy atom. The number of rotatable bonds is 4. The molecule has 0 radical (unpaired) electrons. The van der Waals surface area contributed by atoms with Gasteiger partial charge in [-0.3, -0.25) is 9.97 Å². The number of hydrogen-bond donors (Lipinski definition) is 1. The van der Waals surface area contributed by atoms with Crippen LogP contribution in [0.5, 0.6) is 0 Å². The zero-order valence-electron chi connectivity index (χ0n) is 11.2. The van der Waals surface area contributed by atoms with Crippen molar-refractivity contribution in [3.63, 3.8) is 0 Å². The van der Waals surface area contributed by atoms with Crippen molar-refractivity contribution in [2.24, 2.45) is 0 Å². The van der Waals surface area contributed by atoms with Crippen molar-refractivity contribution in [2.75, 3.05) is 6.54 Å². The van der Waals surface area contributed by atoms with Crippen molar-refractivity contribution >= 4 is 15.9 Å². The largest absolute Gasteiger partial charge is 0.417 e. The molecule has 1 aromatic carbocycles. The van der Waals surface area contributed by atoms with Gasteiger partial charge in [-0.25, -0.2) is 0 Å². The third kappa shape index (κ3) is 3.79. The molecule has 1 N–H and O–H groups in total. The van der Waals surface area contributed by atoms with Gasteiger partial charge in [-0.2, -0.15) is 13.2 Å². The lowest BCUT2D eigenvalue weighted by Gasteiger charge is -2.19. The molecule has 21 heavy (non-hydrogen) atoms. The van der Waals surface area contributed by atoms with Crippen LogP contribution >= 0.6 is 15.9 Å². The summed E-state index contributed by atoms with van der Waals surface area (Å²) in [5, 5.41) is 3.13. The van der Waals surface area contributed by atoms with E-state index in [1.807, 2.05) is 6.92 Å². The minimum Gasteiger partial charge on any atom is -0.305 e. The fourth-order valence-corrected chi connectivity index (χ4v) is 2.47. The molecule has 0 saturated carbocycles. The van der Waals surface area contributed by atoms with Crippen LogP contribution in [0.2, 0.25) is 0 Å². The van der Waals surface area contributed by atoms with E-state index in [1.165, 1.54) is 18.5 Å². The molecule has 1 heterocycles. The number of alkyl halides is 3. The monoisotopic (exact) mass is 359 g/mol. The molecular formula is C14H13BrF3N3. The third-order valence-electron chi connectivity index (χ3n) is 2.92. The highest BCUT2D eigenvalue weighted by atomic mass is 79.9. The standard InChI is InChI=1S/C14H13BrF3N3/c1-2-20-13(12-8-19-5-6-21-12)9-3-4-11(15)10(7-9)14(16,17)18/h3-8,13,20H,2H2,1H3. The van der Waals surface area contributed by atoms with Gasteiger partial charge in [0.2, 0.25) is 0 Å². The summed E-state index contributed by atoms with van der Waals surface area (Å²) in [6.07, 6.45) is 0.176. The Morgan fingerprint density at radius 1 is 1.29 bits per heavy atom. The molecule has 1 atom stereocenters. The Kier molecular flexibility index (Phi) is 4.95. The van der Waals surface area contributed by atoms with Gasteiger partial charge in [-0.1, -0.05) is 28.9 Å². The number of aromatic nitrogens is 2. The van der Waals surface area contributed by atoms with Gasteiger partial charge in [0.05, 0.1) is 23.5 Å². The molecule has 0 amide bonds. The first-order valence-corrected chi connectivity index (χ1v) is 7.08.